The van der Waals surface area contributed by atoms with Gasteiger partial charge in [0.2, 0.25) is 5.60 Å². The number of benzene rings is 2. The van der Waals surface area contributed by atoms with Crippen molar-refractivity contribution in [3.05, 3.63) is 82.7 Å². The van der Waals surface area contributed by atoms with Gasteiger partial charge < -0.3 is 20.3 Å². The van der Waals surface area contributed by atoms with E-state index in [1.807, 2.05) is 5.32 Å². The molecule has 0 spiro atoms. The van der Waals surface area contributed by atoms with Crippen LogP contribution >= 0.6 is 0 Å². The molecule has 15 heteroatoms. The summed E-state index contributed by atoms with van der Waals surface area (Å²) in [6.07, 6.45) is -5.53. The molecule has 1 amide bonds. The van der Waals surface area contributed by atoms with Gasteiger partial charge in [-0.15, -0.1) is 5.10 Å². The molecule has 2 aromatic carbocycles. The number of ether oxygens (including phenoxy) is 1. The molecule has 8 nitrogen and oxygen atoms in total. The Bertz CT molecular complexity index is 1680. The summed E-state index contributed by atoms with van der Waals surface area (Å²) >= 11 is 0. The molecule has 3 N–H and O–H groups in total. The molecule has 0 aliphatic rings. The fraction of sp³-hybridized carbons (Fsp3) is 0.286. The molecule has 4 rings (SSSR count). The maximum Gasteiger partial charge on any atom is 0.424 e. The number of aryl methyl sites for hydroxylation is 1. The van der Waals surface area contributed by atoms with Gasteiger partial charge in [0.25, 0.3) is 5.91 Å². The van der Waals surface area contributed by atoms with E-state index in [0.717, 1.165) is 50.2 Å². The first-order valence-corrected chi connectivity index (χ1v) is 12.4. The van der Waals surface area contributed by atoms with Crippen LogP contribution in [0, 0.1) is 18.6 Å². The van der Waals surface area contributed by atoms with Gasteiger partial charge in [-0.1, -0.05) is 0 Å². The highest BCUT2D eigenvalue weighted by atomic mass is 19.4. The molecule has 0 radical (unpaired) electrons. The third-order valence-corrected chi connectivity index (χ3v) is 6.39. The number of nitrogens with one attached hydrogen (secondary N) is 1. The van der Waals surface area contributed by atoms with E-state index in [2.05, 4.69) is 19.9 Å². The van der Waals surface area contributed by atoms with E-state index in [9.17, 15) is 41.4 Å². The fourth-order valence-electron chi connectivity index (χ4n) is 4.18. The van der Waals surface area contributed by atoms with Crippen molar-refractivity contribution in [2.45, 2.75) is 44.8 Å². The number of rotatable bonds is 8. The first-order valence-electron chi connectivity index (χ1n) is 12.4. The number of alkyl halides is 5. The molecule has 228 valence electrons. The van der Waals surface area contributed by atoms with Gasteiger partial charge in [0.1, 0.15) is 17.0 Å². The predicted octanol–water partition coefficient (Wildman–Crippen LogP) is 5.29. The zero-order valence-corrected chi connectivity index (χ0v) is 22.6. The topological polar surface area (TPSA) is 117 Å². The van der Waals surface area contributed by atoms with Gasteiger partial charge in [-0.2, -0.15) is 27.1 Å². The molecule has 0 saturated carbocycles. The highest BCUT2D eigenvalue weighted by Gasteiger charge is 2.57. The zero-order chi connectivity index (χ0) is 31.9. The summed E-state index contributed by atoms with van der Waals surface area (Å²) in [5.74, 6) is -3.76. The first kappa shape index (κ1) is 31.6. The Morgan fingerprint density at radius 3 is 2.23 bits per heavy atom. The smallest absolute Gasteiger partial charge is 0.424 e. The number of carbonyl (C=O) groups excluding carboxylic acids is 1. The molecule has 0 saturated heterocycles. The Morgan fingerprint density at radius 2 is 1.65 bits per heavy atom. The third kappa shape index (κ3) is 6.51. The lowest BCUT2D eigenvalue weighted by Gasteiger charge is -2.32. The molecule has 0 bridgehead atoms. The monoisotopic (exact) mass is 612 g/mol. The largest absolute Gasteiger partial charge is 0.432 e. The maximum atomic E-state index is 15.4. The highest BCUT2D eigenvalue weighted by Crippen LogP contribution is 2.41. The summed E-state index contributed by atoms with van der Waals surface area (Å²) in [5.41, 5.74) is -9.01. The molecule has 2 heterocycles. The number of nitrogens with zero attached hydrogens (tertiary/aromatic N) is 3. The summed E-state index contributed by atoms with van der Waals surface area (Å²) in [6, 6.07) is 7.74. The van der Waals surface area contributed by atoms with Crippen LogP contribution in [0.2, 0.25) is 0 Å². The summed E-state index contributed by atoms with van der Waals surface area (Å²) in [6.45, 7) is -1.21. The van der Waals surface area contributed by atoms with Gasteiger partial charge in [0.05, 0.1) is 23.5 Å². The lowest BCUT2D eigenvalue weighted by molar-refractivity contribution is -0.265. The molecule has 0 fully saturated rings. The average molecular weight is 613 g/mol. The second-order valence-electron chi connectivity index (χ2n) is 10.1. The minimum atomic E-state index is -5.53. The van der Waals surface area contributed by atoms with Crippen molar-refractivity contribution >= 4 is 16.8 Å². The van der Waals surface area contributed by atoms with Crippen LogP contribution in [0.1, 0.15) is 41.2 Å². The molecular weight excluding hydrogens is 589 g/mol. The summed E-state index contributed by atoms with van der Waals surface area (Å²) in [5, 5.41) is 31.0. The summed E-state index contributed by atoms with van der Waals surface area (Å²) < 4.78 is 103. The van der Waals surface area contributed by atoms with Crippen molar-refractivity contribution in [1.29, 1.82) is 0 Å². The van der Waals surface area contributed by atoms with Crippen LogP contribution in [0.4, 0.5) is 30.7 Å². The van der Waals surface area contributed by atoms with E-state index in [4.69, 9.17) is 0 Å². The van der Waals surface area contributed by atoms with E-state index in [0.29, 0.717) is 11.8 Å². The molecule has 2 aromatic heterocycles. The van der Waals surface area contributed by atoms with E-state index in [1.165, 1.54) is 13.0 Å². The number of fused-ring (bicyclic) bond motifs is 1. The van der Waals surface area contributed by atoms with Crippen molar-refractivity contribution < 1.29 is 50.5 Å². The predicted molar refractivity (Wildman–Crippen MR) is 138 cm³/mol. The van der Waals surface area contributed by atoms with Crippen LogP contribution in [0.5, 0.6) is 5.75 Å². The van der Waals surface area contributed by atoms with Crippen molar-refractivity contribution in [3.63, 3.8) is 0 Å². The lowest BCUT2D eigenvalue weighted by Crippen LogP contribution is -2.51. The Balaban J connectivity index is 1.79. The number of aliphatic hydroxyl groups is 2. The second kappa shape index (κ2) is 11.4. The van der Waals surface area contributed by atoms with Crippen LogP contribution in [0.3, 0.4) is 0 Å². The van der Waals surface area contributed by atoms with Crippen molar-refractivity contribution in [2.75, 3.05) is 6.54 Å². The van der Waals surface area contributed by atoms with Gasteiger partial charge in [-0.25, -0.2) is 13.8 Å². The lowest BCUT2D eigenvalue weighted by atomic mass is 9.90. The minimum absolute atomic E-state index is 0.112. The normalized spacial score (nSPS) is 13.7. The third-order valence-electron chi connectivity index (χ3n) is 6.39. The molecule has 0 aliphatic heterocycles. The van der Waals surface area contributed by atoms with E-state index in [-0.39, 0.29) is 16.5 Å². The average Bonchev–Trinajstić information content (AvgIpc) is 2.90. The highest BCUT2D eigenvalue weighted by molar-refractivity contribution is 5.99. The quantitative estimate of drug-likeness (QED) is 0.232. The van der Waals surface area contributed by atoms with Gasteiger partial charge >= 0.3 is 12.8 Å². The Labute approximate surface area is 239 Å². The summed E-state index contributed by atoms with van der Waals surface area (Å²) in [4.78, 5) is 16.7. The minimum Gasteiger partial charge on any atom is -0.432 e. The fourth-order valence-corrected chi connectivity index (χ4v) is 4.18. The van der Waals surface area contributed by atoms with Gasteiger partial charge in [-0.05, 0) is 69.3 Å². The Kier molecular flexibility index (Phi) is 8.35. The molecular formula is C28H23F7N4O4. The molecule has 4 aromatic rings. The Hall–Kier alpha value is -4.37. The van der Waals surface area contributed by atoms with Crippen LogP contribution in [-0.2, 0) is 11.2 Å². The van der Waals surface area contributed by atoms with E-state index in [1.54, 1.807) is 0 Å². The summed E-state index contributed by atoms with van der Waals surface area (Å²) in [7, 11) is 0. The van der Waals surface area contributed by atoms with Crippen LogP contribution in [0.25, 0.3) is 22.2 Å². The van der Waals surface area contributed by atoms with E-state index >= 15 is 4.39 Å². The van der Waals surface area contributed by atoms with Crippen molar-refractivity contribution in [3.8, 4) is 17.0 Å². The number of halogens is 7. The van der Waals surface area contributed by atoms with Gasteiger partial charge in [0, 0.05) is 22.1 Å². The number of carbonyl (C=O) groups is 1. The number of hydrogen-bond donors (Lipinski definition) is 3. The van der Waals surface area contributed by atoms with Gasteiger partial charge in [0.15, 0.2) is 11.6 Å². The van der Waals surface area contributed by atoms with Crippen LogP contribution in [0.15, 0.2) is 48.5 Å². The number of hydrogen-bond acceptors (Lipinski definition) is 7. The number of pyridine rings is 1. The molecule has 43 heavy (non-hydrogen) atoms. The number of aromatic nitrogens is 3. The molecule has 0 aliphatic carbocycles. The second-order valence-corrected chi connectivity index (χ2v) is 10.1. The van der Waals surface area contributed by atoms with E-state index < -0.39 is 76.3 Å². The van der Waals surface area contributed by atoms with Crippen molar-refractivity contribution in [2.24, 2.45) is 0 Å². The molecule has 1 unspecified atom stereocenters. The van der Waals surface area contributed by atoms with Crippen LogP contribution in [-0.4, -0.2) is 50.6 Å². The maximum absolute atomic E-state index is 15.4. The molecule has 1 atom stereocenters. The Morgan fingerprint density at radius 1 is 1.00 bits per heavy atom. The standard InChI is InChI=1S/C28H23F7N4O4/c1-13-8-15-9-16(10-19(43-25(31)32)22(15)39-38-13)24(40)36-12-27(42,28(33,34)35)20-11-18(26(2,3)41)21(30)23(37-20)14-4-6-17(29)7-5-14/h4-11,25,41-42H,12H2,1-3H3,(H,36,40). The first-order chi connectivity index (χ1) is 19.9. The number of amides is 1. The zero-order valence-electron chi connectivity index (χ0n) is 22.6. The van der Waals surface area contributed by atoms with Crippen molar-refractivity contribution in [1.82, 2.24) is 20.5 Å². The SMILES string of the molecule is Cc1cc2cc(C(=O)NCC(O)(c3cc(C(C)(C)O)c(F)c(-c4ccc(F)cc4)n3)C(F)(F)F)cc(OC(F)F)c2nn1. The van der Waals surface area contributed by atoms with Gasteiger partial charge in [-0.3, -0.25) is 4.79 Å². The van der Waals surface area contributed by atoms with Crippen LogP contribution < -0.4 is 10.1 Å².